The van der Waals surface area contributed by atoms with Crippen molar-refractivity contribution in [1.82, 2.24) is 9.47 Å². The van der Waals surface area contributed by atoms with Crippen molar-refractivity contribution in [1.29, 1.82) is 0 Å². The van der Waals surface area contributed by atoms with Gasteiger partial charge >= 0.3 is 6.18 Å². The van der Waals surface area contributed by atoms with Crippen LogP contribution in [0.2, 0.25) is 0 Å². The number of fused-ring (bicyclic) bond motifs is 1. The lowest BCUT2D eigenvalue weighted by Crippen LogP contribution is -2.39. The maximum absolute atomic E-state index is 12.9. The number of hydrogen-bond acceptors (Lipinski definition) is 3. The van der Waals surface area contributed by atoms with Gasteiger partial charge in [-0.2, -0.15) is 13.2 Å². The molecule has 4 nitrogen and oxygen atoms in total. The van der Waals surface area contributed by atoms with Crippen LogP contribution in [-0.4, -0.2) is 55.0 Å². The monoisotopic (exact) mass is 383 g/mol. The first kappa shape index (κ1) is 20.0. The van der Waals surface area contributed by atoms with Crippen molar-refractivity contribution in [2.45, 2.75) is 44.9 Å². The van der Waals surface area contributed by atoms with Crippen molar-refractivity contribution in [3.8, 4) is 0 Å². The Morgan fingerprint density at radius 1 is 1.22 bits per heavy atom. The molecular weight excluding hydrogens is 355 g/mol. The Hall–Kier alpha value is -1.73. The molecule has 150 valence electrons. The molecule has 27 heavy (non-hydrogen) atoms. The predicted octanol–water partition coefficient (Wildman–Crippen LogP) is 4.42. The van der Waals surface area contributed by atoms with Gasteiger partial charge in [-0.1, -0.05) is 6.07 Å². The number of piperidine rings is 1. The molecule has 0 radical (unpaired) electrons. The zero-order chi connectivity index (χ0) is 19.4. The maximum atomic E-state index is 12.9. The Balaban J connectivity index is 1.67. The summed E-state index contributed by atoms with van der Waals surface area (Å²) >= 11 is 0. The normalized spacial score (nSPS) is 16.9. The Morgan fingerprint density at radius 2 is 1.96 bits per heavy atom. The molecule has 1 aromatic heterocycles. The van der Waals surface area contributed by atoms with Crippen LogP contribution >= 0.6 is 0 Å². The highest BCUT2D eigenvalue weighted by Gasteiger charge is 2.29. The quantitative estimate of drug-likeness (QED) is 0.718. The second-order valence-electron chi connectivity index (χ2n) is 7.33. The van der Waals surface area contributed by atoms with Crippen LogP contribution in [-0.2, 0) is 11.3 Å². The lowest BCUT2D eigenvalue weighted by molar-refractivity contribution is -0.140. The Labute approximate surface area is 158 Å². The number of hydrogen-bond donors (Lipinski definition) is 1. The molecule has 1 saturated heterocycles. The molecule has 0 atom stereocenters. The molecule has 0 spiro atoms. The largest absolute Gasteiger partial charge is 0.406 e. The number of likely N-dealkylation sites (tertiary alicyclic amines) is 1. The fourth-order valence-electron chi connectivity index (χ4n) is 3.89. The molecule has 7 heteroatoms. The number of ether oxygens (including phenoxy) is 1. The summed E-state index contributed by atoms with van der Waals surface area (Å²) in [5.74, 6) is 0. The molecule has 1 fully saturated rings. The van der Waals surface area contributed by atoms with E-state index in [1.54, 1.807) is 20.1 Å². The minimum atomic E-state index is -4.23. The molecule has 0 aliphatic carbocycles. The summed E-state index contributed by atoms with van der Waals surface area (Å²) in [6.07, 6.45) is -1.12. The van der Waals surface area contributed by atoms with Gasteiger partial charge < -0.3 is 19.5 Å². The van der Waals surface area contributed by atoms with E-state index >= 15 is 0 Å². The van der Waals surface area contributed by atoms with E-state index in [-0.39, 0.29) is 0 Å². The van der Waals surface area contributed by atoms with Gasteiger partial charge in [-0.3, -0.25) is 0 Å². The van der Waals surface area contributed by atoms with Crippen LogP contribution in [0.1, 0.15) is 25.0 Å². The van der Waals surface area contributed by atoms with Crippen LogP contribution in [0.15, 0.2) is 24.3 Å². The first-order chi connectivity index (χ1) is 12.9. The number of nitrogens with zero attached hydrogens (tertiary/aromatic N) is 2. The van der Waals surface area contributed by atoms with Gasteiger partial charge in [0.05, 0.1) is 5.52 Å². The smallest absolute Gasteiger partial charge is 0.385 e. The van der Waals surface area contributed by atoms with Crippen LogP contribution in [0.4, 0.5) is 18.9 Å². The van der Waals surface area contributed by atoms with Crippen molar-refractivity contribution in [2.24, 2.45) is 0 Å². The first-order valence-corrected chi connectivity index (χ1v) is 9.51. The van der Waals surface area contributed by atoms with Gasteiger partial charge in [0.1, 0.15) is 6.54 Å². The van der Waals surface area contributed by atoms with E-state index in [0.717, 1.165) is 56.6 Å². The van der Waals surface area contributed by atoms with Crippen LogP contribution in [0.3, 0.4) is 0 Å². The zero-order valence-corrected chi connectivity index (χ0v) is 16.0. The Morgan fingerprint density at radius 3 is 2.63 bits per heavy atom. The van der Waals surface area contributed by atoms with Crippen molar-refractivity contribution in [3.05, 3.63) is 30.0 Å². The fourth-order valence-corrected chi connectivity index (χ4v) is 3.89. The molecule has 0 saturated carbocycles. The molecular formula is C20H28F3N3O. The summed E-state index contributed by atoms with van der Waals surface area (Å²) in [6.45, 7) is 4.68. The van der Waals surface area contributed by atoms with E-state index in [1.165, 1.54) is 4.57 Å². The Kier molecular flexibility index (Phi) is 6.32. The molecule has 2 heterocycles. The van der Waals surface area contributed by atoms with Gasteiger partial charge in [-0.15, -0.1) is 0 Å². The molecule has 1 aliphatic heterocycles. The predicted molar refractivity (Wildman–Crippen MR) is 102 cm³/mol. The average Bonchev–Trinajstić information content (AvgIpc) is 2.92. The second-order valence-corrected chi connectivity index (χ2v) is 7.33. The molecule has 1 N–H and O–H groups in total. The summed E-state index contributed by atoms with van der Waals surface area (Å²) < 4.78 is 45.1. The van der Waals surface area contributed by atoms with Gasteiger partial charge in [-0.25, -0.2) is 0 Å². The SMILES string of the molecule is COCCCN1CCC(Nc2cccc3c2cc(C)n3CC(F)(F)F)CC1. The number of anilines is 1. The number of methoxy groups -OCH3 is 1. The number of benzene rings is 1. The fraction of sp³-hybridized carbons (Fsp3) is 0.600. The summed E-state index contributed by atoms with van der Waals surface area (Å²) in [5.41, 5.74) is 2.19. The van der Waals surface area contributed by atoms with E-state index in [9.17, 15) is 13.2 Å². The van der Waals surface area contributed by atoms with E-state index in [0.29, 0.717) is 17.3 Å². The third-order valence-corrected chi connectivity index (χ3v) is 5.26. The summed E-state index contributed by atoms with van der Waals surface area (Å²) in [6, 6.07) is 7.75. The third kappa shape index (κ3) is 5.17. The van der Waals surface area contributed by atoms with Gasteiger partial charge in [0, 0.05) is 56.2 Å². The lowest BCUT2D eigenvalue weighted by atomic mass is 10.0. The topological polar surface area (TPSA) is 29.4 Å². The highest BCUT2D eigenvalue weighted by molar-refractivity contribution is 5.93. The van der Waals surface area contributed by atoms with Crippen molar-refractivity contribution in [3.63, 3.8) is 0 Å². The lowest BCUT2D eigenvalue weighted by Gasteiger charge is -2.33. The Bertz CT molecular complexity index is 749. The van der Waals surface area contributed by atoms with Crippen molar-refractivity contribution >= 4 is 16.6 Å². The molecule has 1 aliphatic rings. The second kappa shape index (κ2) is 8.52. The van der Waals surface area contributed by atoms with E-state index in [2.05, 4.69) is 10.2 Å². The molecule has 0 unspecified atom stereocenters. The molecule has 2 aromatic rings. The molecule has 1 aromatic carbocycles. The van der Waals surface area contributed by atoms with E-state index < -0.39 is 12.7 Å². The van der Waals surface area contributed by atoms with Gasteiger partial charge in [-0.05, 0) is 44.4 Å². The number of halogens is 3. The van der Waals surface area contributed by atoms with Crippen LogP contribution in [0, 0.1) is 6.92 Å². The van der Waals surface area contributed by atoms with Crippen LogP contribution in [0.5, 0.6) is 0 Å². The van der Waals surface area contributed by atoms with Gasteiger partial charge in [0.2, 0.25) is 0 Å². The summed E-state index contributed by atoms with van der Waals surface area (Å²) in [7, 11) is 1.72. The molecule has 0 bridgehead atoms. The number of aromatic nitrogens is 1. The third-order valence-electron chi connectivity index (χ3n) is 5.26. The average molecular weight is 383 g/mol. The molecule has 0 amide bonds. The number of rotatable bonds is 7. The first-order valence-electron chi connectivity index (χ1n) is 9.51. The molecule has 3 rings (SSSR count). The van der Waals surface area contributed by atoms with Gasteiger partial charge in [0.25, 0.3) is 0 Å². The number of aryl methyl sites for hydroxylation is 1. The summed E-state index contributed by atoms with van der Waals surface area (Å²) in [4.78, 5) is 2.45. The standard InChI is InChI=1S/C20H28F3N3O/c1-15-13-17-18(5-3-6-19(17)26(15)14-20(21,22)23)24-16-7-10-25(11-8-16)9-4-12-27-2/h3,5-6,13,16,24H,4,7-12,14H2,1-2H3. The van der Waals surface area contributed by atoms with Gasteiger partial charge in [0.15, 0.2) is 0 Å². The van der Waals surface area contributed by atoms with Crippen LogP contribution < -0.4 is 5.32 Å². The van der Waals surface area contributed by atoms with Crippen molar-refractivity contribution < 1.29 is 17.9 Å². The minimum Gasteiger partial charge on any atom is -0.385 e. The van der Waals surface area contributed by atoms with Crippen molar-refractivity contribution in [2.75, 3.05) is 38.7 Å². The number of alkyl halides is 3. The minimum absolute atomic E-state index is 0.348. The van der Waals surface area contributed by atoms with E-state index in [1.807, 2.05) is 18.2 Å². The van der Waals surface area contributed by atoms with Crippen LogP contribution in [0.25, 0.3) is 10.9 Å². The zero-order valence-electron chi connectivity index (χ0n) is 16.0. The highest BCUT2D eigenvalue weighted by Crippen LogP contribution is 2.31. The number of nitrogens with one attached hydrogen (secondary N) is 1. The summed E-state index contributed by atoms with van der Waals surface area (Å²) in [5, 5.41) is 4.43. The maximum Gasteiger partial charge on any atom is 0.406 e. The highest BCUT2D eigenvalue weighted by atomic mass is 19.4. The van der Waals surface area contributed by atoms with E-state index in [4.69, 9.17) is 4.74 Å².